The Morgan fingerprint density at radius 3 is 2.75 bits per heavy atom. The minimum absolute atomic E-state index is 0.173. The van der Waals surface area contributed by atoms with Gasteiger partial charge in [0.2, 0.25) is 10.0 Å². The standard InChI is InChI=1S/C14H19Cl2NO2S/c1-11-3-2-7-17(8-6-11)20(18,19)14-9-12(10-15)4-5-13(14)16/h4-5,9,11H,2-3,6-8,10H2,1H3. The lowest BCUT2D eigenvalue weighted by Gasteiger charge is -2.21. The van der Waals surface area contributed by atoms with Gasteiger partial charge in [0.15, 0.2) is 0 Å². The van der Waals surface area contributed by atoms with Crippen molar-refractivity contribution in [2.24, 2.45) is 5.92 Å². The highest BCUT2D eigenvalue weighted by molar-refractivity contribution is 7.89. The lowest BCUT2D eigenvalue weighted by molar-refractivity contribution is 0.417. The molecule has 1 saturated heterocycles. The van der Waals surface area contributed by atoms with Gasteiger partial charge >= 0.3 is 0 Å². The van der Waals surface area contributed by atoms with Crippen molar-refractivity contribution < 1.29 is 8.42 Å². The molecule has 1 atom stereocenters. The number of halogens is 2. The van der Waals surface area contributed by atoms with Gasteiger partial charge in [0.1, 0.15) is 4.90 Å². The Hall–Kier alpha value is -0.290. The van der Waals surface area contributed by atoms with E-state index in [0.29, 0.717) is 19.0 Å². The molecule has 0 N–H and O–H groups in total. The molecular weight excluding hydrogens is 317 g/mol. The average molecular weight is 336 g/mol. The van der Waals surface area contributed by atoms with E-state index in [1.165, 1.54) is 0 Å². The Morgan fingerprint density at radius 1 is 1.30 bits per heavy atom. The molecule has 0 radical (unpaired) electrons. The molecule has 0 saturated carbocycles. The maximum Gasteiger partial charge on any atom is 0.244 e. The Bertz CT molecular complexity index is 575. The highest BCUT2D eigenvalue weighted by Gasteiger charge is 2.28. The summed E-state index contributed by atoms with van der Waals surface area (Å²) < 4.78 is 27.0. The van der Waals surface area contributed by atoms with Gasteiger partial charge < -0.3 is 0 Å². The molecule has 1 aromatic carbocycles. The summed E-state index contributed by atoms with van der Waals surface area (Å²) in [5.74, 6) is 0.844. The molecule has 0 bridgehead atoms. The molecule has 0 amide bonds. The van der Waals surface area contributed by atoms with E-state index in [1.54, 1.807) is 22.5 Å². The number of alkyl halides is 1. The molecule has 2 rings (SSSR count). The second-order valence-electron chi connectivity index (χ2n) is 5.34. The van der Waals surface area contributed by atoms with Crippen LogP contribution < -0.4 is 0 Å². The van der Waals surface area contributed by atoms with Gasteiger partial charge in [-0.3, -0.25) is 0 Å². The van der Waals surface area contributed by atoms with Crippen molar-refractivity contribution in [3.05, 3.63) is 28.8 Å². The topological polar surface area (TPSA) is 37.4 Å². The van der Waals surface area contributed by atoms with E-state index in [-0.39, 0.29) is 15.8 Å². The second kappa shape index (κ2) is 6.65. The van der Waals surface area contributed by atoms with Crippen molar-refractivity contribution in [3.8, 4) is 0 Å². The highest BCUT2D eigenvalue weighted by Crippen LogP contribution is 2.28. The van der Waals surface area contributed by atoms with E-state index in [4.69, 9.17) is 23.2 Å². The smallest absolute Gasteiger partial charge is 0.207 e. The van der Waals surface area contributed by atoms with Gasteiger partial charge in [-0.25, -0.2) is 8.42 Å². The zero-order valence-electron chi connectivity index (χ0n) is 11.5. The lowest BCUT2D eigenvalue weighted by Crippen LogP contribution is -2.32. The second-order valence-corrected chi connectivity index (χ2v) is 7.92. The van der Waals surface area contributed by atoms with Crippen LogP contribution in [0.2, 0.25) is 5.02 Å². The van der Waals surface area contributed by atoms with Gasteiger partial charge in [0.25, 0.3) is 0 Å². The average Bonchev–Trinajstić information content (AvgIpc) is 2.64. The van der Waals surface area contributed by atoms with Crippen LogP contribution in [0.5, 0.6) is 0 Å². The third kappa shape index (κ3) is 3.48. The number of nitrogens with zero attached hydrogens (tertiary/aromatic N) is 1. The molecule has 1 heterocycles. The fraction of sp³-hybridized carbons (Fsp3) is 0.571. The van der Waals surface area contributed by atoms with Crippen molar-refractivity contribution in [2.75, 3.05) is 13.1 Å². The van der Waals surface area contributed by atoms with Gasteiger partial charge in [0, 0.05) is 19.0 Å². The molecule has 1 fully saturated rings. The van der Waals surface area contributed by atoms with E-state index >= 15 is 0 Å². The summed E-state index contributed by atoms with van der Waals surface area (Å²) in [5, 5.41) is 0.260. The van der Waals surface area contributed by atoms with E-state index in [9.17, 15) is 8.42 Å². The van der Waals surface area contributed by atoms with Crippen LogP contribution in [-0.2, 0) is 15.9 Å². The van der Waals surface area contributed by atoms with Crippen LogP contribution in [0.25, 0.3) is 0 Å². The lowest BCUT2D eigenvalue weighted by atomic mass is 10.0. The summed E-state index contributed by atoms with van der Waals surface area (Å²) in [7, 11) is -3.53. The molecule has 20 heavy (non-hydrogen) atoms. The third-order valence-electron chi connectivity index (χ3n) is 3.74. The molecule has 0 aromatic heterocycles. The molecule has 112 valence electrons. The van der Waals surface area contributed by atoms with E-state index in [1.807, 2.05) is 0 Å². The van der Waals surface area contributed by atoms with E-state index in [2.05, 4.69) is 6.92 Å². The normalized spacial score (nSPS) is 21.6. The Kier molecular flexibility index (Phi) is 5.35. The molecule has 1 aromatic rings. The maximum absolute atomic E-state index is 12.7. The summed E-state index contributed by atoms with van der Waals surface area (Å²) in [6, 6.07) is 4.93. The molecule has 3 nitrogen and oxygen atoms in total. The molecular formula is C14H19Cl2NO2S. The van der Waals surface area contributed by atoms with Gasteiger partial charge in [0.05, 0.1) is 5.02 Å². The Morgan fingerprint density at radius 2 is 2.05 bits per heavy atom. The predicted octanol–water partition coefficient (Wildman–Crippen LogP) is 3.89. The van der Waals surface area contributed by atoms with Gasteiger partial charge in [-0.1, -0.05) is 24.6 Å². The first-order valence-electron chi connectivity index (χ1n) is 6.79. The van der Waals surface area contributed by atoms with Crippen LogP contribution in [0.4, 0.5) is 0 Å². The minimum Gasteiger partial charge on any atom is -0.207 e. The molecule has 1 aliphatic rings. The van der Waals surface area contributed by atoms with Crippen LogP contribution in [0.15, 0.2) is 23.1 Å². The van der Waals surface area contributed by atoms with Crippen molar-refractivity contribution in [1.82, 2.24) is 4.31 Å². The number of sulfonamides is 1. The monoisotopic (exact) mass is 335 g/mol. The van der Waals surface area contributed by atoms with Crippen molar-refractivity contribution >= 4 is 33.2 Å². The van der Waals surface area contributed by atoms with E-state index in [0.717, 1.165) is 24.8 Å². The number of benzene rings is 1. The van der Waals surface area contributed by atoms with Crippen molar-refractivity contribution in [3.63, 3.8) is 0 Å². The maximum atomic E-state index is 12.7. The zero-order valence-corrected chi connectivity index (χ0v) is 13.8. The fourth-order valence-electron chi connectivity index (χ4n) is 2.44. The zero-order chi connectivity index (χ0) is 14.8. The first-order chi connectivity index (χ1) is 9.45. The Labute approximate surface area is 130 Å². The molecule has 6 heteroatoms. The fourth-order valence-corrected chi connectivity index (χ4v) is 4.63. The van der Waals surface area contributed by atoms with E-state index < -0.39 is 10.0 Å². The first kappa shape index (κ1) is 16.1. The van der Waals surface area contributed by atoms with Gasteiger partial charge in [-0.05, 0) is 42.9 Å². The largest absolute Gasteiger partial charge is 0.244 e. The highest BCUT2D eigenvalue weighted by atomic mass is 35.5. The molecule has 1 unspecified atom stereocenters. The van der Waals surface area contributed by atoms with Crippen LogP contribution in [0, 0.1) is 5.92 Å². The van der Waals surface area contributed by atoms with Crippen LogP contribution in [0.1, 0.15) is 31.7 Å². The number of hydrogen-bond acceptors (Lipinski definition) is 2. The number of hydrogen-bond donors (Lipinski definition) is 0. The van der Waals surface area contributed by atoms with Gasteiger partial charge in [-0.2, -0.15) is 4.31 Å². The SMILES string of the molecule is CC1CCCN(S(=O)(=O)c2cc(CCl)ccc2Cl)CC1. The van der Waals surface area contributed by atoms with Crippen LogP contribution in [0.3, 0.4) is 0 Å². The quantitative estimate of drug-likeness (QED) is 0.786. The predicted molar refractivity (Wildman–Crippen MR) is 82.8 cm³/mol. The summed E-state index contributed by atoms with van der Waals surface area (Å²) in [6.07, 6.45) is 2.86. The van der Waals surface area contributed by atoms with Crippen molar-refractivity contribution in [2.45, 2.75) is 37.0 Å². The van der Waals surface area contributed by atoms with Crippen molar-refractivity contribution in [1.29, 1.82) is 0 Å². The summed E-state index contributed by atoms with van der Waals surface area (Å²) in [6.45, 7) is 3.29. The summed E-state index contributed by atoms with van der Waals surface area (Å²) in [5.41, 5.74) is 0.762. The summed E-state index contributed by atoms with van der Waals surface area (Å²) in [4.78, 5) is 0.173. The van der Waals surface area contributed by atoms with Crippen LogP contribution in [-0.4, -0.2) is 25.8 Å². The minimum atomic E-state index is -3.53. The Balaban J connectivity index is 2.34. The van der Waals surface area contributed by atoms with Gasteiger partial charge in [-0.15, -0.1) is 11.6 Å². The summed E-state index contributed by atoms with van der Waals surface area (Å²) >= 11 is 11.9. The number of rotatable bonds is 3. The first-order valence-corrected chi connectivity index (χ1v) is 9.15. The molecule has 0 spiro atoms. The third-order valence-corrected chi connectivity index (χ3v) is 6.43. The van der Waals surface area contributed by atoms with Crippen LogP contribution >= 0.6 is 23.2 Å². The molecule has 1 aliphatic heterocycles. The molecule has 0 aliphatic carbocycles.